The van der Waals surface area contributed by atoms with Gasteiger partial charge in [0, 0.05) is 0 Å². The summed E-state index contributed by atoms with van der Waals surface area (Å²) in [5.41, 5.74) is 0. The lowest BCUT2D eigenvalue weighted by molar-refractivity contribution is 1.09. The first-order chi connectivity index (χ1) is 5.66. The maximum absolute atomic E-state index is 2.12. The molecule has 0 spiro atoms. The van der Waals surface area contributed by atoms with Crippen molar-refractivity contribution in [2.75, 3.05) is 0 Å². The van der Waals surface area contributed by atoms with Crippen LogP contribution in [0.2, 0.25) is 0 Å². The molecule has 0 unspecified atom stereocenters. The summed E-state index contributed by atoms with van der Waals surface area (Å²) in [5.74, 6) is 0. The van der Waals surface area contributed by atoms with Crippen LogP contribution < -0.4 is 0 Å². The quantitative estimate of drug-likeness (QED) is 0.422. The number of hydrogen-bond donors (Lipinski definition) is 0. The van der Waals surface area contributed by atoms with Crippen molar-refractivity contribution in [2.24, 2.45) is 0 Å². The number of rotatable bonds is 0. The predicted octanol–water partition coefficient (Wildman–Crippen LogP) is 6.30. The second-order valence-corrected chi connectivity index (χ2v) is 2.83. The predicted molar refractivity (Wildman–Crippen MR) is 70.6 cm³/mol. The Labute approximate surface area is 89.1 Å². The molecule has 13 heavy (non-hydrogen) atoms. The van der Waals surface area contributed by atoms with Gasteiger partial charge >= 0.3 is 0 Å². The molecule has 0 bridgehead atoms. The van der Waals surface area contributed by atoms with E-state index in [0.717, 1.165) is 0 Å². The maximum Gasteiger partial charge on any atom is -0.0590 e. The van der Waals surface area contributed by atoms with E-state index in [1.54, 1.807) is 0 Å². The van der Waals surface area contributed by atoms with E-state index in [0.29, 0.717) is 0 Å². The van der Waals surface area contributed by atoms with Gasteiger partial charge < -0.3 is 0 Å². The van der Waals surface area contributed by atoms with Crippen LogP contribution in [0, 0.1) is 0 Å². The second-order valence-electron chi connectivity index (χ2n) is 2.83. The Kier molecular flexibility index (Phi) is 204. The van der Waals surface area contributed by atoms with Gasteiger partial charge in [0.15, 0.2) is 0 Å². The van der Waals surface area contributed by atoms with Crippen LogP contribution in [0.25, 0.3) is 0 Å². The molecule has 0 heteroatoms. The summed E-state index contributed by atoms with van der Waals surface area (Å²) in [6.45, 7) is 17.0. The molecule has 0 aliphatic rings. The molecular formula is C13H36. The van der Waals surface area contributed by atoms with Crippen LogP contribution in [0.15, 0.2) is 0 Å². The number of hydrogen-bond acceptors (Lipinski definition) is 0. The fraction of sp³-hybridized carbons (Fsp3) is 1.00. The van der Waals surface area contributed by atoms with E-state index in [4.69, 9.17) is 0 Å². The van der Waals surface area contributed by atoms with Gasteiger partial charge in [-0.2, -0.15) is 0 Å². The Bertz CT molecular complexity index is 8.00. The van der Waals surface area contributed by atoms with Gasteiger partial charge in [-0.05, 0) is 0 Å². The SMILES string of the molecule is C.CCC.CCC.CCC.CCC. The third-order valence-corrected chi connectivity index (χ3v) is 0. The minimum atomic E-state index is 0. The molecule has 0 aromatic carbocycles. The summed E-state index contributed by atoms with van der Waals surface area (Å²) in [6.07, 6.45) is 5.00. The van der Waals surface area contributed by atoms with Crippen molar-refractivity contribution in [2.45, 2.75) is 88.5 Å². The van der Waals surface area contributed by atoms with Crippen molar-refractivity contribution >= 4 is 0 Å². The van der Waals surface area contributed by atoms with E-state index < -0.39 is 0 Å². The van der Waals surface area contributed by atoms with Crippen LogP contribution in [0.5, 0.6) is 0 Å². The largest absolute Gasteiger partial charge is 0.0776 e. The van der Waals surface area contributed by atoms with E-state index in [2.05, 4.69) is 55.4 Å². The molecule has 0 rings (SSSR count). The van der Waals surface area contributed by atoms with Crippen LogP contribution in [0.1, 0.15) is 88.5 Å². The highest BCUT2D eigenvalue weighted by molar-refractivity contribution is 3.93. The first-order valence-corrected chi connectivity index (χ1v) is 5.66. The van der Waals surface area contributed by atoms with Gasteiger partial charge in [0.1, 0.15) is 0 Å². The van der Waals surface area contributed by atoms with Gasteiger partial charge in [-0.1, -0.05) is 88.5 Å². The average molecular weight is 192 g/mol. The molecule has 0 aromatic heterocycles. The summed E-state index contributed by atoms with van der Waals surface area (Å²) in [6, 6.07) is 0. The molecule has 0 aromatic rings. The molecule has 0 N–H and O–H groups in total. The second kappa shape index (κ2) is 90.8. The monoisotopic (exact) mass is 192 g/mol. The Morgan fingerprint density at radius 2 is 0.385 bits per heavy atom. The minimum Gasteiger partial charge on any atom is -0.0776 e. The lowest BCUT2D eigenvalue weighted by atomic mass is 10.6. The highest BCUT2D eigenvalue weighted by Gasteiger charge is 1.36. The van der Waals surface area contributed by atoms with Gasteiger partial charge in [0.05, 0.1) is 0 Å². The lowest BCUT2D eigenvalue weighted by Crippen LogP contribution is -1.27. The molecule has 0 nitrogen and oxygen atoms in total. The van der Waals surface area contributed by atoms with E-state index >= 15 is 0 Å². The summed E-state index contributed by atoms with van der Waals surface area (Å²) in [4.78, 5) is 0. The summed E-state index contributed by atoms with van der Waals surface area (Å²) < 4.78 is 0. The fourth-order valence-corrected chi connectivity index (χ4v) is 0. The summed E-state index contributed by atoms with van der Waals surface area (Å²) >= 11 is 0. The highest BCUT2D eigenvalue weighted by Crippen LogP contribution is 1.57. The lowest BCUT2D eigenvalue weighted by Gasteiger charge is -1.48. The Balaban J connectivity index is -0.0000000213. The van der Waals surface area contributed by atoms with Gasteiger partial charge in [-0.15, -0.1) is 0 Å². The third kappa shape index (κ3) is 0. The van der Waals surface area contributed by atoms with E-state index in [1.807, 2.05) is 0 Å². The Morgan fingerprint density at radius 1 is 0.385 bits per heavy atom. The molecule has 0 amide bonds. The van der Waals surface area contributed by atoms with E-state index in [-0.39, 0.29) is 7.43 Å². The van der Waals surface area contributed by atoms with Crippen molar-refractivity contribution < 1.29 is 0 Å². The average Bonchev–Trinajstić information content (AvgIpc) is 1.92. The van der Waals surface area contributed by atoms with Crippen LogP contribution in [-0.2, 0) is 0 Å². The topological polar surface area (TPSA) is 0 Å². The molecule has 0 aliphatic heterocycles. The van der Waals surface area contributed by atoms with Crippen molar-refractivity contribution in [3.05, 3.63) is 0 Å². The molecule has 0 aliphatic carbocycles. The standard InChI is InChI=1S/4C3H8.CH4/c4*1-3-2;/h4*3H2,1-2H3;1H4. The maximum atomic E-state index is 2.12. The van der Waals surface area contributed by atoms with Crippen LogP contribution in [0.3, 0.4) is 0 Å². The zero-order valence-corrected chi connectivity index (χ0v) is 10.8. The van der Waals surface area contributed by atoms with Crippen molar-refractivity contribution in [1.82, 2.24) is 0 Å². The summed E-state index contributed by atoms with van der Waals surface area (Å²) in [7, 11) is 0. The Morgan fingerprint density at radius 3 is 0.385 bits per heavy atom. The first kappa shape index (κ1) is 29.2. The first-order valence-electron chi connectivity index (χ1n) is 5.66. The molecule has 0 heterocycles. The van der Waals surface area contributed by atoms with Crippen molar-refractivity contribution in [3.8, 4) is 0 Å². The normalized spacial score (nSPS) is 5.54. The summed E-state index contributed by atoms with van der Waals surface area (Å²) in [5, 5.41) is 0. The molecule has 0 atom stereocenters. The van der Waals surface area contributed by atoms with Gasteiger partial charge in [0.25, 0.3) is 0 Å². The van der Waals surface area contributed by atoms with Gasteiger partial charge in [0.2, 0.25) is 0 Å². The van der Waals surface area contributed by atoms with Crippen LogP contribution in [0.4, 0.5) is 0 Å². The molecule has 0 fully saturated rings. The third-order valence-electron chi connectivity index (χ3n) is 0. The smallest absolute Gasteiger partial charge is 0.0590 e. The molecule has 0 saturated carbocycles. The minimum absolute atomic E-state index is 0. The zero-order chi connectivity index (χ0) is 10.8. The van der Waals surface area contributed by atoms with E-state index in [9.17, 15) is 0 Å². The fourth-order valence-electron chi connectivity index (χ4n) is 0. The molecule has 88 valence electrons. The van der Waals surface area contributed by atoms with Crippen LogP contribution >= 0.6 is 0 Å². The molecule has 0 saturated heterocycles. The van der Waals surface area contributed by atoms with E-state index in [1.165, 1.54) is 25.7 Å². The Hall–Kier alpha value is 0. The molecule has 0 radical (unpaired) electrons. The van der Waals surface area contributed by atoms with Crippen LogP contribution in [-0.4, -0.2) is 0 Å². The highest BCUT2D eigenvalue weighted by atomic mass is 13.4. The van der Waals surface area contributed by atoms with Crippen molar-refractivity contribution in [3.63, 3.8) is 0 Å². The van der Waals surface area contributed by atoms with Crippen molar-refractivity contribution in [1.29, 1.82) is 0 Å². The van der Waals surface area contributed by atoms with Gasteiger partial charge in [-0.25, -0.2) is 0 Å². The molecular weight excluding hydrogens is 156 g/mol. The zero-order valence-electron chi connectivity index (χ0n) is 10.8. The van der Waals surface area contributed by atoms with Gasteiger partial charge in [-0.3, -0.25) is 0 Å².